The van der Waals surface area contributed by atoms with E-state index in [0.717, 1.165) is 11.8 Å². The average Bonchev–Trinajstić information content (AvgIpc) is 2.78. The third kappa shape index (κ3) is 7.51. The quantitative estimate of drug-likeness (QED) is 0.478. The van der Waals surface area contributed by atoms with E-state index < -0.39 is 16.1 Å². The molecular formula is C23H29Cl2N3O5S. The van der Waals surface area contributed by atoms with Crippen molar-refractivity contribution in [2.75, 3.05) is 31.3 Å². The van der Waals surface area contributed by atoms with Gasteiger partial charge in [0.2, 0.25) is 21.8 Å². The van der Waals surface area contributed by atoms with Crippen molar-refractivity contribution >= 4 is 50.7 Å². The fourth-order valence-corrected chi connectivity index (χ4v) is 4.86. The van der Waals surface area contributed by atoms with Gasteiger partial charge in [0.25, 0.3) is 0 Å². The number of carbonyl (C=O) groups is 2. The van der Waals surface area contributed by atoms with E-state index in [1.54, 1.807) is 37.3 Å². The molecule has 0 fully saturated rings. The smallest absolute Gasteiger partial charge is 0.242 e. The Morgan fingerprint density at radius 1 is 1.15 bits per heavy atom. The van der Waals surface area contributed by atoms with Gasteiger partial charge in [-0.25, -0.2) is 8.42 Å². The number of hydrogen-bond donors (Lipinski definition) is 1. The maximum Gasteiger partial charge on any atom is 0.242 e. The second-order valence-electron chi connectivity index (χ2n) is 7.70. The molecule has 1 atom stereocenters. The van der Waals surface area contributed by atoms with Crippen LogP contribution >= 0.6 is 23.2 Å². The highest BCUT2D eigenvalue weighted by Gasteiger charge is 2.26. The second kappa shape index (κ2) is 12.3. The molecule has 2 aromatic carbocycles. The highest BCUT2D eigenvalue weighted by molar-refractivity contribution is 7.92. The topological polar surface area (TPSA) is 96.0 Å². The van der Waals surface area contributed by atoms with Crippen LogP contribution in [0.4, 0.5) is 5.69 Å². The number of likely N-dealkylation sites (N-methyl/N-ethyl adjacent to an activating group) is 1. The van der Waals surface area contributed by atoms with Gasteiger partial charge in [-0.05, 0) is 49.2 Å². The van der Waals surface area contributed by atoms with Gasteiger partial charge in [0, 0.05) is 31.6 Å². The molecule has 2 rings (SSSR count). The van der Waals surface area contributed by atoms with Crippen LogP contribution in [0.25, 0.3) is 0 Å². The summed E-state index contributed by atoms with van der Waals surface area (Å²) in [7, 11) is -0.656. The number of nitrogens with zero attached hydrogens (tertiary/aromatic N) is 2. The Balaban J connectivity index is 2.17. The maximum absolute atomic E-state index is 13.1. The monoisotopic (exact) mass is 529 g/mol. The molecule has 0 spiro atoms. The van der Waals surface area contributed by atoms with Crippen molar-refractivity contribution in [3.05, 3.63) is 58.1 Å². The summed E-state index contributed by atoms with van der Waals surface area (Å²) in [5.74, 6) is -0.160. The fourth-order valence-electron chi connectivity index (χ4n) is 3.44. The summed E-state index contributed by atoms with van der Waals surface area (Å²) in [5, 5.41) is 3.36. The third-order valence-electron chi connectivity index (χ3n) is 5.23. The summed E-state index contributed by atoms with van der Waals surface area (Å²) in [6, 6.07) is 11.0. The number of nitrogens with one attached hydrogen (secondary N) is 1. The SMILES string of the molecule is CNC(=O)C(C)N(Cc1cccc(Cl)c1)C(=O)CCCN(c1ccc(OC)c(Cl)c1)S(C)(=O)=O. The molecule has 11 heteroatoms. The van der Waals surface area contributed by atoms with E-state index in [9.17, 15) is 18.0 Å². The van der Waals surface area contributed by atoms with Crippen molar-refractivity contribution in [1.29, 1.82) is 0 Å². The number of halogens is 2. The van der Waals surface area contributed by atoms with Gasteiger partial charge in [-0.3, -0.25) is 13.9 Å². The van der Waals surface area contributed by atoms with Crippen LogP contribution in [0.2, 0.25) is 10.0 Å². The lowest BCUT2D eigenvalue weighted by molar-refractivity contribution is -0.140. The molecule has 0 aliphatic carbocycles. The summed E-state index contributed by atoms with van der Waals surface area (Å²) in [5.41, 5.74) is 1.15. The van der Waals surface area contributed by atoms with Crippen molar-refractivity contribution in [3.8, 4) is 5.75 Å². The van der Waals surface area contributed by atoms with E-state index in [4.69, 9.17) is 27.9 Å². The molecule has 8 nitrogen and oxygen atoms in total. The first-order valence-corrected chi connectivity index (χ1v) is 13.1. The van der Waals surface area contributed by atoms with Crippen LogP contribution < -0.4 is 14.4 Å². The molecular weight excluding hydrogens is 501 g/mol. The first-order valence-electron chi connectivity index (χ1n) is 10.5. The molecule has 0 radical (unpaired) electrons. The van der Waals surface area contributed by atoms with Gasteiger partial charge in [-0.1, -0.05) is 35.3 Å². The lowest BCUT2D eigenvalue weighted by Crippen LogP contribution is -2.46. The number of methoxy groups -OCH3 is 1. The van der Waals surface area contributed by atoms with Crippen LogP contribution in [0.15, 0.2) is 42.5 Å². The van der Waals surface area contributed by atoms with Crippen molar-refractivity contribution in [1.82, 2.24) is 10.2 Å². The molecule has 0 bridgehead atoms. The first kappa shape index (κ1) is 27.8. The Hall–Kier alpha value is -2.49. The van der Waals surface area contributed by atoms with Crippen LogP contribution in [0.5, 0.6) is 5.75 Å². The van der Waals surface area contributed by atoms with Crippen LogP contribution in [-0.4, -0.2) is 58.1 Å². The molecule has 0 saturated heterocycles. The summed E-state index contributed by atoms with van der Waals surface area (Å²) in [6.45, 7) is 1.90. The van der Waals surface area contributed by atoms with Crippen LogP contribution in [0.1, 0.15) is 25.3 Å². The van der Waals surface area contributed by atoms with E-state index in [2.05, 4.69) is 5.32 Å². The van der Waals surface area contributed by atoms with Gasteiger partial charge in [0.05, 0.1) is 24.1 Å². The molecule has 1 N–H and O–H groups in total. The lowest BCUT2D eigenvalue weighted by atomic mass is 10.1. The summed E-state index contributed by atoms with van der Waals surface area (Å²) in [6.07, 6.45) is 1.37. The number of sulfonamides is 1. The number of benzene rings is 2. The van der Waals surface area contributed by atoms with Crippen LogP contribution in [-0.2, 0) is 26.2 Å². The number of amides is 2. The third-order valence-corrected chi connectivity index (χ3v) is 6.96. The van der Waals surface area contributed by atoms with E-state index in [-0.39, 0.29) is 42.8 Å². The summed E-state index contributed by atoms with van der Waals surface area (Å²) < 4.78 is 31.1. The van der Waals surface area contributed by atoms with Crippen LogP contribution in [0.3, 0.4) is 0 Å². The van der Waals surface area contributed by atoms with Gasteiger partial charge in [-0.2, -0.15) is 0 Å². The van der Waals surface area contributed by atoms with Gasteiger partial charge in [0.15, 0.2) is 0 Å². The minimum Gasteiger partial charge on any atom is -0.495 e. The van der Waals surface area contributed by atoms with Crippen molar-refractivity contribution in [2.24, 2.45) is 0 Å². The van der Waals surface area contributed by atoms with Crippen LogP contribution in [0, 0.1) is 0 Å². The second-order valence-corrected chi connectivity index (χ2v) is 10.4. The van der Waals surface area contributed by atoms with E-state index in [0.29, 0.717) is 16.5 Å². The van der Waals surface area contributed by atoms with E-state index >= 15 is 0 Å². The normalized spacial score (nSPS) is 12.1. The zero-order valence-electron chi connectivity index (χ0n) is 19.5. The largest absolute Gasteiger partial charge is 0.495 e. The lowest BCUT2D eigenvalue weighted by Gasteiger charge is -2.29. The summed E-state index contributed by atoms with van der Waals surface area (Å²) in [4.78, 5) is 26.8. The molecule has 186 valence electrons. The van der Waals surface area contributed by atoms with Crippen molar-refractivity contribution in [3.63, 3.8) is 0 Å². The van der Waals surface area contributed by atoms with E-state index in [1.807, 2.05) is 6.07 Å². The Morgan fingerprint density at radius 3 is 2.41 bits per heavy atom. The Labute approximate surface area is 210 Å². The molecule has 0 aromatic heterocycles. The number of rotatable bonds is 11. The fraction of sp³-hybridized carbons (Fsp3) is 0.391. The molecule has 0 aliphatic rings. The molecule has 0 aliphatic heterocycles. The predicted molar refractivity (Wildman–Crippen MR) is 135 cm³/mol. The standard InChI is InChI=1S/C23H29Cl2N3O5S/c1-16(23(30)26-2)27(15-17-7-5-8-18(24)13-17)22(29)9-6-12-28(34(4,31)32)19-10-11-21(33-3)20(25)14-19/h5,7-8,10-11,13-14,16H,6,9,12,15H2,1-4H3,(H,26,30). The Kier molecular flexibility index (Phi) is 10.0. The minimum absolute atomic E-state index is 0.0395. The Morgan fingerprint density at radius 2 is 1.85 bits per heavy atom. The Bertz CT molecular complexity index is 1130. The molecule has 2 aromatic rings. The zero-order valence-corrected chi connectivity index (χ0v) is 21.9. The molecule has 1 unspecified atom stereocenters. The number of anilines is 1. The molecule has 34 heavy (non-hydrogen) atoms. The molecule has 2 amide bonds. The van der Waals surface area contributed by atoms with Gasteiger partial charge in [-0.15, -0.1) is 0 Å². The van der Waals surface area contributed by atoms with E-state index in [1.165, 1.54) is 29.4 Å². The predicted octanol–water partition coefficient (Wildman–Crippen LogP) is 3.71. The highest BCUT2D eigenvalue weighted by atomic mass is 35.5. The number of carbonyl (C=O) groups excluding carboxylic acids is 2. The van der Waals surface area contributed by atoms with Gasteiger partial charge in [0.1, 0.15) is 11.8 Å². The average molecular weight is 530 g/mol. The maximum atomic E-state index is 13.1. The number of hydrogen-bond acceptors (Lipinski definition) is 5. The van der Waals surface area contributed by atoms with Gasteiger partial charge >= 0.3 is 0 Å². The van der Waals surface area contributed by atoms with Gasteiger partial charge < -0.3 is 15.0 Å². The summed E-state index contributed by atoms with van der Waals surface area (Å²) >= 11 is 12.2. The minimum atomic E-state index is -3.63. The van der Waals surface area contributed by atoms with Crippen molar-refractivity contribution < 1.29 is 22.7 Å². The van der Waals surface area contributed by atoms with Crippen molar-refractivity contribution in [2.45, 2.75) is 32.4 Å². The zero-order chi connectivity index (χ0) is 25.5. The molecule has 0 heterocycles. The number of ether oxygens (including phenoxy) is 1. The molecule has 0 saturated carbocycles. The highest BCUT2D eigenvalue weighted by Crippen LogP contribution is 2.30. The first-order chi connectivity index (χ1) is 16.0.